The molecule has 0 aromatic heterocycles. The average Bonchev–Trinajstić information content (AvgIpc) is 2.98. The molecule has 1 saturated carbocycles. The van der Waals surface area contributed by atoms with Crippen molar-refractivity contribution in [1.82, 2.24) is 4.90 Å². The van der Waals surface area contributed by atoms with Crippen LogP contribution in [0.5, 0.6) is 0 Å². The standard InChI is InChI=1S/C15H22N2O.ClH/c1-15(2)10-13(15)14(18)17(9-8-16)11-12-6-4-3-5-7-12;/h3-7,13H,8-11,16H2,1-2H3;1H. The summed E-state index contributed by atoms with van der Waals surface area (Å²) in [6.45, 7) is 6.13. The molecule has 2 N–H and O–H groups in total. The van der Waals surface area contributed by atoms with Crippen LogP contribution in [0.1, 0.15) is 25.8 Å². The Kier molecular flexibility index (Phi) is 5.39. The van der Waals surface area contributed by atoms with Gasteiger partial charge >= 0.3 is 0 Å². The lowest BCUT2D eigenvalue weighted by Gasteiger charge is -2.23. The zero-order chi connectivity index (χ0) is 13.2. The minimum absolute atomic E-state index is 0. The van der Waals surface area contributed by atoms with Gasteiger partial charge in [-0.15, -0.1) is 12.4 Å². The Morgan fingerprint density at radius 3 is 2.42 bits per heavy atom. The van der Waals surface area contributed by atoms with Crippen molar-refractivity contribution in [3.05, 3.63) is 35.9 Å². The zero-order valence-electron chi connectivity index (χ0n) is 11.6. The first kappa shape index (κ1) is 16.0. The summed E-state index contributed by atoms with van der Waals surface area (Å²) >= 11 is 0. The van der Waals surface area contributed by atoms with Crippen LogP contribution in [0.25, 0.3) is 0 Å². The summed E-state index contributed by atoms with van der Waals surface area (Å²) in [6, 6.07) is 10.1. The largest absolute Gasteiger partial charge is 0.337 e. The molecule has 0 saturated heterocycles. The molecule has 1 amide bonds. The molecule has 0 spiro atoms. The van der Waals surface area contributed by atoms with Crippen molar-refractivity contribution in [2.45, 2.75) is 26.8 Å². The normalized spacial score (nSPS) is 19.4. The van der Waals surface area contributed by atoms with Crippen molar-refractivity contribution in [1.29, 1.82) is 0 Å². The van der Waals surface area contributed by atoms with Gasteiger partial charge in [0.25, 0.3) is 0 Å². The molecule has 0 heterocycles. The van der Waals surface area contributed by atoms with E-state index < -0.39 is 0 Å². The number of halogens is 1. The van der Waals surface area contributed by atoms with Gasteiger partial charge in [-0.05, 0) is 17.4 Å². The summed E-state index contributed by atoms with van der Waals surface area (Å²) in [7, 11) is 0. The fraction of sp³-hybridized carbons (Fsp3) is 0.533. The quantitative estimate of drug-likeness (QED) is 0.902. The second-order valence-electron chi connectivity index (χ2n) is 5.78. The minimum atomic E-state index is 0. The van der Waals surface area contributed by atoms with Crippen LogP contribution in [-0.2, 0) is 11.3 Å². The van der Waals surface area contributed by atoms with Crippen LogP contribution < -0.4 is 5.73 Å². The molecule has 1 fully saturated rings. The Morgan fingerprint density at radius 1 is 1.37 bits per heavy atom. The van der Waals surface area contributed by atoms with Crippen LogP contribution in [0.2, 0.25) is 0 Å². The fourth-order valence-electron chi connectivity index (χ4n) is 2.34. The fourth-order valence-corrected chi connectivity index (χ4v) is 2.34. The molecule has 1 aromatic rings. The van der Waals surface area contributed by atoms with E-state index in [1.807, 2.05) is 23.1 Å². The van der Waals surface area contributed by atoms with Crippen LogP contribution in [0, 0.1) is 11.3 Å². The number of amides is 1. The maximum absolute atomic E-state index is 12.4. The third kappa shape index (κ3) is 3.95. The number of benzene rings is 1. The first-order valence-corrected chi connectivity index (χ1v) is 6.57. The molecule has 1 aliphatic rings. The van der Waals surface area contributed by atoms with E-state index in [4.69, 9.17) is 5.73 Å². The highest BCUT2D eigenvalue weighted by molar-refractivity contribution is 5.85. The number of rotatable bonds is 5. The first-order valence-electron chi connectivity index (χ1n) is 6.57. The van der Waals surface area contributed by atoms with E-state index in [0.717, 1.165) is 12.0 Å². The van der Waals surface area contributed by atoms with Gasteiger partial charge in [-0.3, -0.25) is 4.79 Å². The highest BCUT2D eigenvalue weighted by atomic mass is 35.5. The van der Waals surface area contributed by atoms with E-state index in [9.17, 15) is 4.79 Å². The van der Waals surface area contributed by atoms with E-state index in [1.54, 1.807) is 0 Å². The number of hydrogen-bond acceptors (Lipinski definition) is 2. The Labute approximate surface area is 121 Å². The molecule has 2 rings (SSSR count). The molecule has 3 nitrogen and oxygen atoms in total. The van der Waals surface area contributed by atoms with Crippen molar-refractivity contribution in [2.24, 2.45) is 17.1 Å². The van der Waals surface area contributed by atoms with Gasteiger partial charge in [0.15, 0.2) is 0 Å². The third-order valence-electron chi connectivity index (χ3n) is 3.74. The average molecular weight is 283 g/mol. The van der Waals surface area contributed by atoms with Gasteiger partial charge < -0.3 is 10.6 Å². The van der Waals surface area contributed by atoms with E-state index in [1.165, 1.54) is 0 Å². The topological polar surface area (TPSA) is 46.3 Å². The van der Waals surface area contributed by atoms with Gasteiger partial charge in [0.05, 0.1) is 0 Å². The smallest absolute Gasteiger partial charge is 0.226 e. The van der Waals surface area contributed by atoms with Crippen LogP contribution in [0.4, 0.5) is 0 Å². The summed E-state index contributed by atoms with van der Waals surface area (Å²) in [4.78, 5) is 14.3. The molecule has 1 unspecified atom stereocenters. The maximum atomic E-state index is 12.4. The molecular formula is C15H23ClN2O. The number of carbonyl (C=O) groups is 1. The minimum Gasteiger partial charge on any atom is -0.337 e. The molecule has 0 aliphatic heterocycles. The number of nitrogens with zero attached hydrogens (tertiary/aromatic N) is 1. The Hall–Kier alpha value is -1.06. The van der Waals surface area contributed by atoms with Gasteiger partial charge in [-0.2, -0.15) is 0 Å². The molecule has 4 heteroatoms. The number of carbonyl (C=O) groups excluding carboxylic acids is 1. The van der Waals surface area contributed by atoms with Crippen molar-refractivity contribution in [3.8, 4) is 0 Å². The van der Waals surface area contributed by atoms with Crippen molar-refractivity contribution < 1.29 is 4.79 Å². The first-order chi connectivity index (χ1) is 8.54. The summed E-state index contributed by atoms with van der Waals surface area (Å²) in [6.07, 6.45) is 1.00. The SMILES string of the molecule is CC1(C)CC1C(=O)N(CCN)Cc1ccccc1.Cl. The summed E-state index contributed by atoms with van der Waals surface area (Å²) < 4.78 is 0. The highest BCUT2D eigenvalue weighted by Gasteiger charge is 2.51. The second-order valence-corrected chi connectivity index (χ2v) is 5.78. The number of nitrogens with two attached hydrogens (primary N) is 1. The molecule has 106 valence electrons. The molecule has 1 aromatic carbocycles. The van der Waals surface area contributed by atoms with Crippen molar-refractivity contribution in [2.75, 3.05) is 13.1 Å². The lowest BCUT2D eigenvalue weighted by molar-refractivity contribution is -0.133. The van der Waals surface area contributed by atoms with Gasteiger partial charge in [0, 0.05) is 25.6 Å². The van der Waals surface area contributed by atoms with E-state index >= 15 is 0 Å². The van der Waals surface area contributed by atoms with Crippen molar-refractivity contribution >= 4 is 18.3 Å². The lowest BCUT2D eigenvalue weighted by atomic mass is 10.1. The molecule has 19 heavy (non-hydrogen) atoms. The van der Waals surface area contributed by atoms with Gasteiger partial charge in [0.1, 0.15) is 0 Å². The van der Waals surface area contributed by atoms with Crippen LogP contribution >= 0.6 is 12.4 Å². The molecule has 1 atom stereocenters. The van der Waals surface area contributed by atoms with Crippen LogP contribution in [0.3, 0.4) is 0 Å². The van der Waals surface area contributed by atoms with Gasteiger partial charge in [-0.25, -0.2) is 0 Å². The molecule has 0 bridgehead atoms. The molecule has 0 radical (unpaired) electrons. The summed E-state index contributed by atoms with van der Waals surface area (Å²) in [5.74, 6) is 0.446. The molecular weight excluding hydrogens is 260 g/mol. The van der Waals surface area contributed by atoms with Crippen LogP contribution in [0.15, 0.2) is 30.3 Å². The predicted octanol–water partition coefficient (Wildman–Crippen LogP) is 2.44. The third-order valence-corrected chi connectivity index (χ3v) is 3.74. The van der Waals surface area contributed by atoms with E-state index in [0.29, 0.717) is 19.6 Å². The van der Waals surface area contributed by atoms with Gasteiger partial charge in [-0.1, -0.05) is 44.2 Å². The maximum Gasteiger partial charge on any atom is 0.226 e. The van der Waals surface area contributed by atoms with Gasteiger partial charge in [0.2, 0.25) is 5.91 Å². The Morgan fingerprint density at radius 2 is 1.95 bits per heavy atom. The Balaban J connectivity index is 0.00000180. The lowest BCUT2D eigenvalue weighted by Crippen LogP contribution is -2.36. The monoisotopic (exact) mass is 282 g/mol. The summed E-state index contributed by atoms with van der Waals surface area (Å²) in [5.41, 5.74) is 6.96. The van der Waals surface area contributed by atoms with Crippen molar-refractivity contribution in [3.63, 3.8) is 0 Å². The van der Waals surface area contributed by atoms with Crippen LogP contribution in [-0.4, -0.2) is 23.9 Å². The molecule has 1 aliphatic carbocycles. The van der Waals surface area contributed by atoms with E-state index in [-0.39, 0.29) is 29.6 Å². The van der Waals surface area contributed by atoms with E-state index in [2.05, 4.69) is 26.0 Å². The second kappa shape index (κ2) is 6.40. The predicted molar refractivity (Wildman–Crippen MR) is 80.0 cm³/mol. The summed E-state index contributed by atoms with van der Waals surface area (Å²) in [5, 5.41) is 0. The highest BCUT2D eigenvalue weighted by Crippen LogP contribution is 2.52. The number of hydrogen-bond donors (Lipinski definition) is 1. The zero-order valence-corrected chi connectivity index (χ0v) is 12.5. The Bertz CT molecular complexity index is 419.